The summed E-state index contributed by atoms with van der Waals surface area (Å²) in [5.41, 5.74) is 0. The van der Waals surface area contributed by atoms with Crippen LogP contribution in [0.1, 0.15) is 32.6 Å². The Morgan fingerprint density at radius 2 is 2.06 bits per heavy atom. The van der Waals surface area contributed by atoms with E-state index >= 15 is 0 Å². The zero-order valence-corrected chi connectivity index (χ0v) is 10.5. The molecule has 0 spiro atoms. The maximum atomic E-state index is 3.54. The van der Waals surface area contributed by atoms with Crippen LogP contribution in [-0.4, -0.2) is 60.6 Å². The van der Waals surface area contributed by atoms with Gasteiger partial charge in [0.1, 0.15) is 0 Å². The van der Waals surface area contributed by atoms with Crippen molar-refractivity contribution in [1.82, 2.24) is 15.1 Å². The van der Waals surface area contributed by atoms with Crippen LogP contribution >= 0.6 is 0 Å². The summed E-state index contributed by atoms with van der Waals surface area (Å²) in [5, 5.41) is 3.54. The number of piperazine rings is 1. The fourth-order valence-electron chi connectivity index (χ4n) is 4.03. The van der Waals surface area contributed by atoms with Gasteiger partial charge in [0.25, 0.3) is 0 Å². The van der Waals surface area contributed by atoms with E-state index in [9.17, 15) is 0 Å². The van der Waals surface area contributed by atoms with Crippen molar-refractivity contribution in [2.75, 3.05) is 32.7 Å². The lowest BCUT2D eigenvalue weighted by atomic mass is 10.00. The Labute approximate surface area is 99.2 Å². The van der Waals surface area contributed by atoms with E-state index in [2.05, 4.69) is 22.0 Å². The van der Waals surface area contributed by atoms with Gasteiger partial charge in [-0.25, -0.2) is 0 Å². The molecule has 3 aliphatic rings. The molecule has 0 bridgehead atoms. The number of rotatable bonds is 2. The monoisotopic (exact) mass is 223 g/mol. The predicted molar refractivity (Wildman–Crippen MR) is 66.7 cm³/mol. The highest BCUT2D eigenvalue weighted by atomic mass is 15.3. The van der Waals surface area contributed by atoms with Crippen LogP contribution in [0, 0.1) is 0 Å². The standard InChI is InChI=1S/C13H25N3/c1-2-11-10-14-6-9-16(11)13-5-8-15-7-3-4-12(13)15/h11-14H,2-10H2,1H3. The Morgan fingerprint density at radius 1 is 1.12 bits per heavy atom. The molecular weight excluding hydrogens is 198 g/mol. The molecule has 3 heteroatoms. The summed E-state index contributed by atoms with van der Waals surface area (Å²) >= 11 is 0. The third kappa shape index (κ3) is 1.79. The quantitative estimate of drug-likeness (QED) is 0.750. The van der Waals surface area contributed by atoms with Crippen molar-refractivity contribution in [2.24, 2.45) is 0 Å². The molecule has 0 aromatic carbocycles. The second-order valence-electron chi connectivity index (χ2n) is 5.61. The maximum Gasteiger partial charge on any atom is 0.0267 e. The van der Waals surface area contributed by atoms with Crippen LogP contribution in [-0.2, 0) is 0 Å². The van der Waals surface area contributed by atoms with Gasteiger partial charge in [0.2, 0.25) is 0 Å². The van der Waals surface area contributed by atoms with Gasteiger partial charge in [-0.1, -0.05) is 6.92 Å². The van der Waals surface area contributed by atoms with E-state index in [1.54, 1.807) is 0 Å². The summed E-state index contributed by atoms with van der Waals surface area (Å²) in [6.45, 7) is 8.73. The van der Waals surface area contributed by atoms with Crippen LogP contribution in [0.4, 0.5) is 0 Å². The first-order valence-corrected chi connectivity index (χ1v) is 7.10. The van der Waals surface area contributed by atoms with E-state index in [0.717, 1.165) is 18.1 Å². The van der Waals surface area contributed by atoms with Crippen molar-refractivity contribution in [3.63, 3.8) is 0 Å². The Kier molecular flexibility index (Phi) is 3.18. The van der Waals surface area contributed by atoms with E-state index < -0.39 is 0 Å². The van der Waals surface area contributed by atoms with Crippen LogP contribution < -0.4 is 5.32 Å². The normalized spacial score (nSPS) is 41.4. The van der Waals surface area contributed by atoms with Gasteiger partial charge in [0.05, 0.1) is 0 Å². The Hall–Kier alpha value is -0.120. The summed E-state index contributed by atoms with van der Waals surface area (Å²) in [4.78, 5) is 5.56. The molecular formula is C13H25N3. The van der Waals surface area contributed by atoms with Crippen molar-refractivity contribution in [2.45, 2.75) is 50.7 Å². The smallest absolute Gasteiger partial charge is 0.0267 e. The first-order chi connectivity index (χ1) is 7.90. The number of hydrogen-bond donors (Lipinski definition) is 1. The molecule has 3 aliphatic heterocycles. The van der Waals surface area contributed by atoms with Crippen LogP contribution in [0.2, 0.25) is 0 Å². The first-order valence-electron chi connectivity index (χ1n) is 7.10. The molecule has 3 rings (SSSR count). The van der Waals surface area contributed by atoms with Crippen molar-refractivity contribution in [1.29, 1.82) is 0 Å². The molecule has 0 amide bonds. The molecule has 0 aliphatic carbocycles. The average molecular weight is 223 g/mol. The van der Waals surface area contributed by atoms with Crippen molar-refractivity contribution in [3.8, 4) is 0 Å². The highest BCUT2D eigenvalue weighted by molar-refractivity contribution is 4.99. The van der Waals surface area contributed by atoms with E-state index in [4.69, 9.17) is 0 Å². The van der Waals surface area contributed by atoms with Gasteiger partial charge < -0.3 is 5.32 Å². The maximum absolute atomic E-state index is 3.54. The molecule has 0 aromatic rings. The van der Waals surface area contributed by atoms with E-state index in [1.807, 2.05) is 0 Å². The summed E-state index contributed by atoms with van der Waals surface area (Å²) in [7, 11) is 0. The molecule has 3 heterocycles. The molecule has 92 valence electrons. The molecule has 3 saturated heterocycles. The van der Waals surface area contributed by atoms with Crippen molar-refractivity contribution < 1.29 is 0 Å². The summed E-state index contributed by atoms with van der Waals surface area (Å²) in [6, 6.07) is 2.56. The number of hydrogen-bond acceptors (Lipinski definition) is 3. The van der Waals surface area contributed by atoms with Crippen LogP contribution in [0.25, 0.3) is 0 Å². The zero-order chi connectivity index (χ0) is 11.0. The summed E-state index contributed by atoms with van der Waals surface area (Å²) in [6.07, 6.45) is 5.60. The van der Waals surface area contributed by atoms with E-state index in [-0.39, 0.29) is 0 Å². The van der Waals surface area contributed by atoms with Gasteiger partial charge in [-0.3, -0.25) is 9.80 Å². The predicted octanol–water partition coefficient (Wildman–Crippen LogP) is 0.907. The molecule has 1 N–H and O–H groups in total. The number of nitrogens with one attached hydrogen (secondary N) is 1. The van der Waals surface area contributed by atoms with Gasteiger partial charge >= 0.3 is 0 Å². The summed E-state index contributed by atoms with van der Waals surface area (Å²) in [5.74, 6) is 0. The van der Waals surface area contributed by atoms with Gasteiger partial charge in [0, 0.05) is 44.3 Å². The van der Waals surface area contributed by atoms with E-state index in [1.165, 1.54) is 58.4 Å². The minimum absolute atomic E-state index is 0.791. The fourth-order valence-corrected chi connectivity index (χ4v) is 4.03. The largest absolute Gasteiger partial charge is 0.314 e. The zero-order valence-electron chi connectivity index (χ0n) is 10.5. The second-order valence-corrected chi connectivity index (χ2v) is 5.61. The highest BCUT2D eigenvalue weighted by Crippen LogP contribution is 2.32. The third-order valence-corrected chi connectivity index (χ3v) is 4.86. The molecule has 0 saturated carbocycles. The number of nitrogens with zero attached hydrogens (tertiary/aromatic N) is 2. The SMILES string of the molecule is CCC1CNCCN1C1CCN2CCCC12. The third-order valence-electron chi connectivity index (χ3n) is 4.86. The lowest BCUT2D eigenvalue weighted by molar-refractivity contribution is 0.0847. The molecule has 0 aromatic heterocycles. The molecule has 16 heavy (non-hydrogen) atoms. The molecule has 0 radical (unpaired) electrons. The van der Waals surface area contributed by atoms with Crippen LogP contribution in [0.3, 0.4) is 0 Å². The van der Waals surface area contributed by atoms with Gasteiger partial charge in [0.15, 0.2) is 0 Å². The molecule has 3 atom stereocenters. The Morgan fingerprint density at radius 3 is 2.94 bits per heavy atom. The molecule has 3 nitrogen and oxygen atoms in total. The lowest BCUT2D eigenvalue weighted by Crippen LogP contribution is -2.57. The number of fused-ring (bicyclic) bond motifs is 1. The topological polar surface area (TPSA) is 18.5 Å². The molecule has 3 fully saturated rings. The van der Waals surface area contributed by atoms with Crippen LogP contribution in [0.15, 0.2) is 0 Å². The molecule has 3 unspecified atom stereocenters. The second kappa shape index (κ2) is 4.63. The highest BCUT2D eigenvalue weighted by Gasteiger charge is 2.42. The average Bonchev–Trinajstić information content (AvgIpc) is 2.91. The van der Waals surface area contributed by atoms with Crippen LogP contribution in [0.5, 0.6) is 0 Å². The Bertz CT molecular complexity index is 241. The first kappa shape index (κ1) is 11.0. The van der Waals surface area contributed by atoms with Crippen molar-refractivity contribution >= 4 is 0 Å². The van der Waals surface area contributed by atoms with Gasteiger partial charge in [-0.15, -0.1) is 0 Å². The fraction of sp³-hybridized carbons (Fsp3) is 1.00. The van der Waals surface area contributed by atoms with Gasteiger partial charge in [-0.05, 0) is 32.2 Å². The minimum Gasteiger partial charge on any atom is -0.314 e. The van der Waals surface area contributed by atoms with Gasteiger partial charge in [-0.2, -0.15) is 0 Å². The van der Waals surface area contributed by atoms with Crippen molar-refractivity contribution in [3.05, 3.63) is 0 Å². The summed E-state index contributed by atoms with van der Waals surface area (Å²) < 4.78 is 0. The lowest BCUT2D eigenvalue weighted by Gasteiger charge is -2.42. The minimum atomic E-state index is 0.791. The van der Waals surface area contributed by atoms with E-state index in [0.29, 0.717) is 0 Å². The Balaban J connectivity index is 1.70.